The third-order valence-corrected chi connectivity index (χ3v) is 0.348. The van der Waals surface area contributed by atoms with Crippen molar-refractivity contribution in [3.8, 4) is 0 Å². The molecule has 0 bridgehead atoms. The summed E-state index contributed by atoms with van der Waals surface area (Å²) >= 11 is 0. The van der Waals surface area contributed by atoms with Gasteiger partial charge in [0.1, 0.15) is 5.78 Å². The first-order valence-corrected chi connectivity index (χ1v) is 3.81. The second-order valence-corrected chi connectivity index (χ2v) is 2.66. The van der Waals surface area contributed by atoms with Crippen LogP contribution in [0.15, 0.2) is 24.6 Å². The van der Waals surface area contributed by atoms with E-state index in [-0.39, 0.29) is 5.78 Å². The minimum absolute atomic E-state index is 0.167. The molecule has 3 nitrogen and oxygen atoms in total. The number of carbonyl (C=O) groups excluding carboxylic acids is 1. The predicted molar refractivity (Wildman–Crippen MR) is 57.2 cm³/mol. The molecule has 0 aliphatic carbocycles. The number of hydrogen-bond acceptors (Lipinski definition) is 3. The second-order valence-electron chi connectivity index (χ2n) is 2.66. The van der Waals surface area contributed by atoms with Crippen LogP contribution in [0, 0.1) is 0 Å². The van der Waals surface area contributed by atoms with Crippen molar-refractivity contribution in [1.29, 1.82) is 0 Å². The van der Waals surface area contributed by atoms with Gasteiger partial charge in [-0.05, 0) is 33.4 Å². The normalized spacial score (nSPS) is 6.54. The average molecular weight is 187 g/mol. The van der Waals surface area contributed by atoms with Crippen LogP contribution in [-0.4, -0.2) is 12.9 Å². The van der Waals surface area contributed by atoms with Crippen LogP contribution in [0.3, 0.4) is 0 Å². The topological polar surface area (TPSA) is 52.3 Å². The third-order valence-electron chi connectivity index (χ3n) is 0.348. The van der Waals surface area contributed by atoms with E-state index in [1.807, 2.05) is 0 Å². The second kappa shape index (κ2) is 13.3. The Morgan fingerprint density at radius 1 is 1.15 bits per heavy atom. The highest BCUT2D eigenvalue weighted by Crippen LogP contribution is 1.80. The van der Waals surface area contributed by atoms with E-state index in [4.69, 9.17) is 5.73 Å². The van der Waals surface area contributed by atoms with Crippen molar-refractivity contribution in [1.82, 2.24) is 0 Å². The number of ether oxygens (including phenoxy) is 1. The van der Waals surface area contributed by atoms with E-state index in [0.29, 0.717) is 5.70 Å². The molecule has 0 saturated heterocycles. The number of nitrogens with two attached hydrogens (primary N) is 1. The Bertz CT molecular complexity index is 142. The SMILES string of the molecule is C=C(C)N.C=C(C)OC.CC(C)=O. The van der Waals surface area contributed by atoms with Gasteiger partial charge in [-0.25, -0.2) is 0 Å². The standard InChI is InChI=1S/C4H8O.C3H7N.C3H6O/c1-4(2)5-3;2*1-3(2)4/h1H2,2-3H3;1,4H2,2H3;1-2H3. The first kappa shape index (κ1) is 17.7. The summed E-state index contributed by atoms with van der Waals surface area (Å²) in [6.07, 6.45) is 0. The van der Waals surface area contributed by atoms with E-state index >= 15 is 0 Å². The van der Waals surface area contributed by atoms with Gasteiger partial charge in [0.25, 0.3) is 0 Å². The van der Waals surface area contributed by atoms with Gasteiger partial charge in [0.2, 0.25) is 0 Å². The van der Waals surface area contributed by atoms with Gasteiger partial charge >= 0.3 is 0 Å². The molecule has 2 N–H and O–H groups in total. The Balaban J connectivity index is -0.000000117. The van der Waals surface area contributed by atoms with E-state index in [0.717, 1.165) is 5.76 Å². The van der Waals surface area contributed by atoms with Gasteiger partial charge in [-0.2, -0.15) is 0 Å². The van der Waals surface area contributed by atoms with E-state index in [2.05, 4.69) is 17.9 Å². The Kier molecular flexibility index (Phi) is 18.2. The molecule has 0 amide bonds. The van der Waals surface area contributed by atoms with Gasteiger partial charge in [-0.1, -0.05) is 13.2 Å². The molecule has 0 rings (SSSR count). The molecule has 0 atom stereocenters. The predicted octanol–water partition coefficient (Wildman–Crippen LogP) is 2.24. The monoisotopic (exact) mass is 187 g/mol. The average Bonchev–Trinajstić information content (AvgIpc) is 1.84. The number of Topliss-reactive ketones (excluding diaryl/α,β-unsaturated/α-hetero) is 1. The zero-order chi connectivity index (χ0) is 11.4. The molecular formula is C10H21NO2. The van der Waals surface area contributed by atoms with Crippen molar-refractivity contribution in [2.45, 2.75) is 27.7 Å². The summed E-state index contributed by atoms with van der Waals surface area (Å²) in [7, 11) is 1.60. The van der Waals surface area contributed by atoms with E-state index in [1.165, 1.54) is 13.8 Å². The summed E-state index contributed by atoms with van der Waals surface area (Å²) in [4.78, 5) is 9.44. The van der Waals surface area contributed by atoms with Gasteiger partial charge in [0.05, 0.1) is 12.9 Å². The van der Waals surface area contributed by atoms with Crippen LogP contribution in [0.4, 0.5) is 0 Å². The molecule has 78 valence electrons. The fraction of sp³-hybridized carbons (Fsp3) is 0.500. The number of rotatable bonds is 1. The van der Waals surface area contributed by atoms with Crippen LogP contribution in [0.25, 0.3) is 0 Å². The minimum atomic E-state index is 0.167. The lowest BCUT2D eigenvalue weighted by Gasteiger charge is -1.88. The summed E-state index contributed by atoms with van der Waals surface area (Å²) in [5, 5.41) is 0. The molecule has 0 unspecified atom stereocenters. The zero-order valence-electron chi connectivity index (χ0n) is 9.31. The van der Waals surface area contributed by atoms with Gasteiger partial charge in [-0.15, -0.1) is 0 Å². The lowest BCUT2D eigenvalue weighted by molar-refractivity contribution is -0.114. The maximum atomic E-state index is 9.44. The quantitative estimate of drug-likeness (QED) is 0.640. The van der Waals surface area contributed by atoms with Gasteiger partial charge < -0.3 is 15.3 Å². The van der Waals surface area contributed by atoms with E-state index in [9.17, 15) is 4.79 Å². The van der Waals surface area contributed by atoms with Crippen molar-refractivity contribution in [2.24, 2.45) is 5.73 Å². The fourth-order valence-corrected chi connectivity index (χ4v) is 0. The lowest BCUT2D eigenvalue weighted by atomic mass is 10.6. The Labute approximate surface area is 81.3 Å². The van der Waals surface area contributed by atoms with Crippen molar-refractivity contribution < 1.29 is 9.53 Å². The Hall–Kier alpha value is -1.25. The Morgan fingerprint density at radius 2 is 1.23 bits per heavy atom. The first-order chi connectivity index (χ1) is 5.73. The molecule has 0 saturated carbocycles. The molecule has 0 fully saturated rings. The molecule has 0 aliphatic heterocycles. The van der Waals surface area contributed by atoms with Crippen molar-refractivity contribution in [2.75, 3.05) is 7.11 Å². The third kappa shape index (κ3) is 1460. The highest BCUT2D eigenvalue weighted by molar-refractivity contribution is 5.72. The minimum Gasteiger partial charge on any atom is -0.502 e. The smallest absolute Gasteiger partial charge is 0.126 e. The molecule has 0 aromatic carbocycles. The number of carbonyl (C=O) groups is 1. The van der Waals surface area contributed by atoms with Gasteiger partial charge in [-0.3, -0.25) is 0 Å². The summed E-state index contributed by atoms with van der Waals surface area (Å²) in [6.45, 7) is 13.4. The number of hydrogen-bond donors (Lipinski definition) is 1. The van der Waals surface area contributed by atoms with Gasteiger partial charge in [0.15, 0.2) is 0 Å². The number of methoxy groups -OCH3 is 1. The molecule has 13 heavy (non-hydrogen) atoms. The van der Waals surface area contributed by atoms with Crippen molar-refractivity contribution in [3.63, 3.8) is 0 Å². The molecule has 0 heterocycles. The van der Waals surface area contributed by atoms with Crippen molar-refractivity contribution in [3.05, 3.63) is 24.6 Å². The summed E-state index contributed by atoms with van der Waals surface area (Å²) in [5.41, 5.74) is 5.58. The van der Waals surface area contributed by atoms with E-state index in [1.54, 1.807) is 21.0 Å². The van der Waals surface area contributed by atoms with Crippen LogP contribution in [0.2, 0.25) is 0 Å². The molecule has 0 aromatic rings. The number of ketones is 1. The Morgan fingerprint density at radius 3 is 1.23 bits per heavy atom. The van der Waals surface area contributed by atoms with Crippen LogP contribution < -0.4 is 5.73 Å². The van der Waals surface area contributed by atoms with Crippen LogP contribution in [-0.2, 0) is 9.53 Å². The summed E-state index contributed by atoms with van der Waals surface area (Å²) in [5.74, 6) is 0.921. The summed E-state index contributed by atoms with van der Waals surface area (Å²) in [6, 6.07) is 0. The molecular weight excluding hydrogens is 166 g/mol. The molecule has 3 heteroatoms. The zero-order valence-corrected chi connectivity index (χ0v) is 9.31. The highest BCUT2D eigenvalue weighted by Gasteiger charge is 1.65. The van der Waals surface area contributed by atoms with Crippen LogP contribution >= 0.6 is 0 Å². The number of allylic oxidation sites excluding steroid dienone is 2. The molecule has 0 spiro atoms. The largest absolute Gasteiger partial charge is 0.502 e. The summed E-state index contributed by atoms with van der Waals surface area (Å²) < 4.78 is 4.56. The fourth-order valence-electron chi connectivity index (χ4n) is 0. The lowest BCUT2D eigenvalue weighted by Crippen LogP contribution is -1.83. The van der Waals surface area contributed by atoms with Crippen molar-refractivity contribution >= 4 is 5.78 Å². The maximum Gasteiger partial charge on any atom is 0.126 e. The first-order valence-electron chi connectivity index (χ1n) is 3.81. The maximum absolute atomic E-state index is 9.44. The van der Waals surface area contributed by atoms with Crippen LogP contribution in [0.1, 0.15) is 27.7 Å². The van der Waals surface area contributed by atoms with Crippen LogP contribution in [0.5, 0.6) is 0 Å². The van der Waals surface area contributed by atoms with Gasteiger partial charge in [0, 0.05) is 0 Å². The molecule has 0 aliphatic rings. The highest BCUT2D eigenvalue weighted by atomic mass is 16.5. The van der Waals surface area contributed by atoms with E-state index < -0.39 is 0 Å². The molecule has 0 aromatic heterocycles. The molecule has 0 radical (unpaired) electrons.